The Morgan fingerprint density at radius 2 is 1.62 bits per heavy atom. The van der Waals surface area contributed by atoms with Crippen molar-refractivity contribution in [2.75, 3.05) is 6.54 Å². The van der Waals surface area contributed by atoms with Crippen molar-refractivity contribution in [2.24, 2.45) is 7.05 Å². The van der Waals surface area contributed by atoms with Crippen LogP contribution in [0, 0.1) is 6.92 Å². The molecule has 6 heteroatoms. The summed E-state index contributed by atoms with van der Waals surface area (Å²) in [6, 6.07) is 23.4. The summed E-state index contributed by atoms with van der Waals surface area (Å²) >= 11 is 0. The third-order valence-electron chi connectivity index (χ3n) is 6.94. The Balaban J connectivity index is 1.57. The van der Waals surface area contributed by atoms with Gasteiger partial charge in [0, 0.05) is 35.6 Å². The molecule has 3 aromatic carbocycles. The lowest BCUT2D eigenvalue weighted by Crippen LogP contribution is -2.42. The molecule has 1 unspecified atom stereocenters. The Morgan fingerprint density at radius 1 is 0.941 bits per heavy atom. The lowest BCUT2D eigenvalue weighted by molar-refractivity contribution is 0.0685. The second-order valence-electron chi connectivity index (χ2n) is 8.89. The van der Waals surface area contributed by atoms with Gasteiger partial charge >= 0.3 is 0 Å². The first kappa shape index (κ1) is 20.4. The average molecular weight is 449 g/mol. The number of nitrogens with zero attached hydrogens (tertiary/aromatic N) is 3. The number of H-pyrrole nitrogens is 1. The first-order valence-corrected chi connectivity index (χ1v) is 11.5. The van der Waals surface area contributed by atoms with Crippen LogP contribution in [-0.4, -0.2) is 32.1 Å². The number of fused-ring (bicyclic) bond motifs is 4. The SMILES string of the molecule is Cc1ccccc1C1c2[nH]c3ccccc3c2CCN1C(=O)c1nn(C)c(=O)c2ccccc12. The van der Waals surface area contributed by atoms with Crippen molar-refractivity contribution < 1.29 is 4.79 Å². The first-order valence-electron chi connectivity index (χ1n) is 11.5. The highest BCUT2D eigenvalue weighted by molar-refractivity contribution is 6.05. The van der Waals surface area contributed by atoms with Crippen molar-refractivity contribution >= 4 is 27.6 Å². The molecule has 5 aromatic rings. The smallest absolute Gasteiger partial charge is 0.275 e. The van der Waals surface area contributed by atoms with E-state index < -0.39 is 0 Å². The van der Waals surface area contributed by atoms with Crippen LogP contribution in [0.1, 0.15) is 38.9 Å². The van der Waals surface area contributed by atoms with Crippen LogP contribution in [0.25, 0.3) is 21.7 Å². The van der Waals surface area contributed by atoms with Crippen LogP contribution in [0.3, 0.4) is 0 Å². The molecule has 0 fully saturated rings. The van der Waals surface area contributed by atoms with Crippen molar-refractivity contribution in [1.29, 1.82) is 0 Å². The predicted octanol–water partition coefficient (Wildman–Crippen LogP) is 4.51. The molecule has 0 bridgehead atoms. The fourth-order valence-electron chi connectivity index (χ4n) is 5.27. The third kappa shape index (κ3) is 2.99. The molecule has 3 heterocycles. The van der Waals surface area contributed by atoms with Crippen molar-refractivity contribution in [2.45, 2.75) is 19.4 Å². The zero-order valence-electron chi connectivity index (χ0n) is 19.1. The van der Waals surface area contributed by atoms with E-state index in [1.54, 1.807) is 19.2 Å². The van der Waals surface area contributed by atoms with Gasteiger partial charge in [0.1, 0.15) is 0 Å². The summed E-state index contributed by atoms with van der Waals surface area (Å²) in [4.78, 5) is 32.3. The number of aromatic nitrogens is 3. The van der Waals surface area contributed by atoms with Crippen molar-refractivity contribution in [1.82, 2.24) is 19.7 Å². The van der Waals surface area contributed by atoms with Crippen LogP contribution in [-0.2, 0) is 13.5 Å². The third-order valence-corrected chi connectivity index (χ3v) is 6.94. The highest BCUT2D eigenvalue weighted by Gasteiger charge is 2.36. The van der Waals surface area contributed by atoms with Crippen LogP contribution in [0.15, 0.2) is 77.6 Å². The van der Waals surface area contributed by atoms with E-state index in [1.165, 1.54) is 15.6 Å². The quantitative estimate of drug-likeness (QED) is 0.432. The van der Waals surface area contributed by atoms with Crippen molar-refractivity contribution in [3.8, 4) is 0 Å². The van der Waals surface area contributed by atoms with Crippen LogP contribution < -0.4 is 5.56 Å². The molecule has 168 valence electrons. The van der Waals surface area contributed by atoms with Gasteiger partial charge in [-0.3, -0.25) is 9.59 Å². The van der Waals surface area contributed by atoms with Gasteiger partial charge < -0.3 is 9.88 Å². The van der Waals surface area contributed by atoms with E-state index >= 15 is 0 Å². The molecule has 1 aliphatic rings. The molecule has 1 amide bonds. The molecule has 0 spiro atoms. The molecule has 2 aromatic heterocycles. The largest absolute Gasteiger partial charge is 0.356 e. The standard InChI is InChI=1S/C28H24N4O2/c1-17-9-3-4-10-18(17)26-24-21(19-11-7-8-14-23(19)29-24)15-16-32(26)28(34)25-20-12-5-6-13-22(20)27(33)31(2)30-25/h3-14,26,29H,15-16H2,1-2H3. The molecular weight excluding hydrogens is 424 g/mol. The number of hydrogen-bond acceptors (Lipinski definition) is 3. The molecule has 1 N–H and O–H groups in total. The Hall–Kier alpha value is -4.19. The van der Waals surface area contributed by atoms with Gasteiger partial charge in [-0.2, -0.15) is 5.10 Å². The fraction of sp³-hybridized carbons (Fsp3) is 0.179. The van der Waals surface area contributed by atoms with Gasteiger partial charge in [0.15, 0.2) is 5.69 Å². The van der Waals surface area contributed by atoms with Gasteiger partial charge in [-0.25, -0.2) is 4.68 Å². The summed E-state index contributed by atoms with van der Waals surface area (Å²) in [6.45, 7) is 2.64. The minimum atomic E-state index is -0.275. The number of carbonyl (C=O) groups is 1. The molecule has 0 radical (unpaired) electrons. The molecule has 0 saturated carbocycles. The number of para-hydroxylation sites is 1. The molecule has 0 aliphatic carbocycles. The Morgan fingerprint density at radius 3 is 2.41 bits per heavy atom. The maximum absolute atomic E-state index is 14.1. The second-order valence-corrected chi connectivity index (χ2v) is 8.89. The van der Waals surface area contributed by atoms with E-state index in [9.17, 15) is 9.59 Å². The second kappa shape index (κ2) is 7.70. The fourth-order valence-corrected chi connectivity index (χ4v) is 5.27. The zero-order valence-corrected chi connectivity index (χ0v) is 19.1. The number of nitrogens with one attached hydrogen (secondary N) is 1. The van der Waals surface area contributed by atoms with Gasteiger partial charge in [0.05, 0.1) is 11.4 Å². The van der Waals surface area contributed by atoms with Gasteiger partial charge in [0.2, 0.25) is 0 Å². The topological polar surface area (TPSA) is 71.0 Å². The van der Waals surface area contributed by atoms with E-state index in [1.807, 2.05) is 35.2 Å². The number of benzene rings is 3. The van der Waals surface area contributed by atoms with E-state index in [2.05, 4.69) is 47.3 Å². The van der Waals surface area contributed by atoms with Crippen LogP contribution in [0.5, 0.6) is 0 Å². The van der Waals surface area contributed by atoms with Crippen molar-refractivity contribution in [3.05, 3.63) is 111 Å². The molecule has 6 nitrogen and oxygen atoms in total. The Kier molecular flexibility index (Phi) is 4.62. The summed E-state index contributed by atoms with van der Waals surface area (Å²) in [6.07, 6.45) is 0.747. The minimum absolute atomic E-state index is 0.177. The van der Waals surface area contributed by atoms with E-state index in [-0.39, 0.29) is 17.5 Å². The predicted molar refractivity (Wildman–Crippen MR) is 133 cm³/mol. The number of carbonyl (C=O) groups excluding carboxylic acids is 1. The maximum atomic E-state index is 14.1. The first-order chi connectivity index (χ1) is 16.5. The molecule has 6 rings (SSSR count). The number of aryl methyl sites for hydroxylation is 2. The highest BCUT2D eigenvalue weighted by Crippen LogP contribution is 2.40. The van der Waals surface area contributed by atoms with Gasteiger partial charge in [-0.15, -0.1) is 0 Å². The molecule has 1 atom stereocenters. The lowest BCUT2D eigenvalue weighted by atomic mass is 9.89. The normalized spacial score (nSPS) is 15.6. The lowest BCUT2D eigenvalue weighted by Gasteiger charge is -2.37. The summed E-state index contributed by atoms with van der Waals surface area (Å²) in [5, 5.41) is 6.71. The van der Waals surface area contributed by atoms with Crippen LogP contribution in [0.2, 0.25) is 0 Å². The highest BCUT2D eigenvalue weighted by atomic mass is 16.2. The number of hydrogen-bond donors (Lipinski definition) is 1. The van der Waals surface area contributed by atoms with Crippen LogP contribution in [0.4, 0.5) is 0 Å². The van der Waals surface area contributed by atoms with Crippen LogP contribution >= 0.6 is 0 Å². The zero-order chi connectivity index (χ0) is 23.4. The van der Waals surface area contributed by atoms with E-state index in [4.69, 9.17) is 0 Å². The summed E-state index contributed by atoms with van der Waals surface area (Å²) in [7, 11) is 1.59. The summed E-state index contributed by atoms with van der Waals surface area (Å²) in [5.74, 6) is -0.177. The Bertz CT molecular complexity index is 1650. The number of rotatable bonds is 2. The minimum Gasteiger partial charge on any atom is -0.356 e. The summed E-state index contributed by atoms with van der Waals surface area (Å²) in [5.41, 5.74) is 5.67. The Labute approximate surface area is 196 Å². The van der Waals surface area contributed by atoms with Crippen molar-refractivity contribution in [3.63, 3.8) is 0 Å². The van der Waals surface area contributed by atoms with Gasteiger partial charge in [-0.05, 0) is 42.2 Å². The van der Waals surface area contributed by atoms with E-state index in [0.29, 0.717) is 23.0 Å². The summed E-state index contributed by atoms with van der Waals surface area (Å²) < 4.78 is 1.26. The monoisotopic (exact) mass is 448 g/mol. The molecular formula is C28H24N4O2. The molecule has 0 saturated heterocycles. The van der Waals surface area contributed by atoms with Gasteiger partial charge in [-0.1, -0.05) is 60.7 Å². The van der Waals surface area contributed by atoms with E-state index in [0.717, 1.165) is 28.8 Å². The maximum Gasteiger partial charge on any atom is 0.275 e. The number of amides is 1. The number of aromatic amines is 1. The molecule has 1 aliphatic heterocycles. The van der Waals surface area contributed by atoms with Gasteiger partial charge in [0.25, 0.3) is 11.5 Å². The molecule has 34 heavy (non-hydrogen) atoms. The average Bonchev–Trinajstić information content (AvgIpc) is 3.24.